The van der Waals surface area contributed by atoms with E-state index in [0.717, 1.165) is 12.3 Å². The summed E-state index contributed by atoms with van der Waals surface area (Å²) in [5, 5.41) is 5.99. The monoisotopic (exact) mass is 280 g/mol. The molecule has 0 bridgehead atoms. The van der Waals surface area contributed by atoms with Crippen LogP contribution < -0.4 is 20.1 Å². The van der Waals surface area contributed by atoms with Crippen molar-refractivity contribution >= 4 is 11.6 Å². The molecule has 0 spiro atoms. The Hall–Kier alpha value is -1.75. The fraction of sp³-hybridized carbons (Fsp3) is 0.533. The fourth-order valence-electron chi connectivity index (χ4n) is 1.74. The maximum absolute atomic E-state index is 11.9. The Morgan fingerprint density at radius 1 is 1.15 bits per heavy atom. The molecule has 0 aromatic heterocycles. The summed E-state index contributed by atoms with van der Waals surface area (Å²) < 4.78 is 11.0. The van der Waals surface area contributed by atoms with Gasteiger partial charge in [-0.25, -0.2) is 0 Å². The number of carbonyl (C=O) groups excluding carboxylic acids is 1. The van der Waals surface area contributed by atoms with E-state index in [9.17, 15) is 4.79 Å². The molecular formula is C15H24N2O3. The molecule has 5 heteroatoms. The summed E-state index contributed by atoms with van der Waals surface area (Å²) in [5.74, 6) is 1.34. The molecule has 2 N–H and O–H groups in total. The summed E-state index contributed by atoms with van der Waals surface area (Å²) in [6.07, 6.45) is 0.429. The Kier molecular flexibility index (Phi) is 7.50. The van der Waals surface area contributed by atoms with E-state index in [-0.39, 0.29) is 5.91 Å². The second-order valence-corrected chi connectivity index (χ2v) is 4.18. The lowest BCUT2D eigenvalue weighted by molar-refractivity contribution is -0.116. The van der Waals surface area contributed by atoms with Crippen molar-refractivity contribution in [2.24, 2.45) is 0 Å². The SMILES string of the molecule is CCNCCC(=O)Nc1cc(OCC)ccc1OCC. The van der Waals surface area contributed by atoms with Crippen LogP contribution in [0.3, 0.4) is 0 Å². The number of anilines is 1. The van der Waals surface area contributed by atoms with E-state index in [1.54, 1.807) is 6.07 Å². The van der Waals surface area contributed by atoms with Crippen LogP contribution in [-0.2, 0) is 4.79 Å². The van der Waals surface area contributed by atoms with Gasteiger partial charge >= 0.3 is 0 Å². The van der Waals surface area contributed by atoms with E-state index in [4.69, 9.17) is 9.47 Å². The molecule has 5 nitrogen and oxygen atoms in total. The third-order valence-corrected chi connectivity index (χ3v) is 2.61. The van der Waals surface area contributed by atoms with Crippen LogP contribution in [0.1, 0.15) is 27.2 Å². The van der Waals surface area contributed by atoms with Gasteiger partial charge in [-0.2, -0.15) is 0 Å². The van der Waals surface area contributed by atoms with Crippen molar-refractivity contribution in [1.29, 1.82) is 0 Å². The van der Waals surface area contributed by atoms with Gasteiger partial charge in [0, 0.05) is 19.0 Å². The van der Waals surface area contributed by atoms with Crippen molar-refractivity contribution in [3.8, 4) is 11.5 Å². The largest absolute Gasteiger partial charge is 0.494 e. The first-order valence-electron chi connectivity index (χ1n) is 7.11. The third-order valence-electron chi connectivity index (χ3n) is 2.61. The van der Waals surface area contributed by atoms with Crippen molar-refractivity contribution in [1.82, 2.24) is 5.32 Å². The van der Waals surface area contributed by atoms with Gasteiger partial charge in [0.1, 0.15) is 11.5 Å². The molecule has 20 heavy (non-hydrogen) atoms. The third kappa shape index (κ3) is 5.48. The summed E-state index contributed by atoms with van der Waals surface area (Å²) in [4.78, 5) is 11.9. The minimum Gasteiger partial charge on any atom is -0.494 e. The van der Waals surface area contributed by atoms with Crippen LogP contribution in [0.2, 0.25) is 0 Å². The summed E-state index contributed by atoms with van der Waals surface area (Å²) >= 11 is 0. The van der Waals surface area contributed by atoms with Gasteiger partial charge < -0.3 is 20.1 Å². The molecule has 0 heterocycles. The van der Waals surface area contributed by atoms with Gasteiger partial charge in [0.15, 0.2) is 0 Å². The fourth-order valence-corrected chi connectivity index (χ4v) is 1.74. The van der Waals surface area contributed by atoms with Crippen LogP contribution in [0, 0.1) is 0 Å². The van der Waals surface area contributed by atoms with Gasteiger partial charge in [0.2, 0.25) is 5.91 Å². The average molecular weight is 280 g/mol. The highest BCUT2D eigenvalue weighted by Crippen LogP contribution is 2.29. The number of ether oxygens (including phenoxy) is 2. The zero-order valence-corrected chi connectivity index (χ0v) is 12.5. The molecule has 1 aromatic carbocycles. The molecule has 0 radical (unpaired) electrons. The normalized spacial score (nSPS) is 10.2. The number of carbonyl (C=O) groups is 1. The number of hydrogen-bond donors (Lipinski definition) is 2. The molecule has 1 aromatic rings. The minimum atomic E-state index is -0.0412. The molecule has 112 valence electrons. The van der Waals surface area contributed by atoms with E-state index in [0.29, 0.717) is 37.6 Å². The molecular weight excluding hydrogens is 256 g/mol. The van der Waals surface area contributed by atoms with Crippen molar-refractivity contribution in [2.45, 2.75) is 27.2 Å². The minimum absolute atomic E-state index is 0.0412. The van der Waals surface area contributed by atoms with Crippen LogP contribution in [0.4, 0.5) is 5.69 Å². The number of benzene rings is 1. The van der Waals surface area contributed by atoms with Crippen molar-refractivity contribution < 1.29 is 14.3 Å². The Morgan fingerprint density at radius 2 is 1.90 bits per heavy atom. The molecule has 0 fully saturated rings. The summed E-state index contributed by atoms with van der Waals surface area (Å²) in [6.45, 7) is 8.50. The highest BCUT2D eigenvalue weighted by atomic mass is 16.5. The van der Waals surface area contributed by atoms with Crippen LogP contribution in [0.15, 0.2) is 18.2 Å². The molecule has 0 aliphatic rings. The lowest BCUT2D eigenvalue weighted by Gasteiger charge is -2.13. The lowest BCUT2D eigenvalue weighted by Crippen LogP contribution is -2.21. The number of nitrogens with one attached hydrogen (secondary N) is 2. The standard InChI is InChI=1S/C15H24N2O3/c1-4-16-10-9-15(18)17-13-11-12(19-5-2)7-8-14(13)20-6-3/h7-8,11,16H,4-6,9-10H2,1-3H3,(H,17,18). The predicted octanol–water partition coefficient (Wildman–Crippen LogP) is 2.42. The summed E-state index contributed by atoms with van der Waals surface area (Å²) in [6, 6.07) is 5.44. The first-order valence-corrected chi connectivity index (χ1v) is 7.11. The van der Waals surface area contributed by atoms with E-state index in [2.05, 4.69) is 10.6 Å². The molecule has 0 saturated heterocycles. The Labute approximate surface area is 120 Å². The maximum atomic E-state index is 11.9. The first-order chi connectivity index (χ1) is 9.71. The lowest BCUT2D eigenvalue weighted by atomic mass is 10.2. The quantitative estimate of drug-likeness (QED) is 0.682. The van der Waals surface area contributed by atoms with Gasteiger partial charge in [0.25, 0.3) is 0 Å². The second-order valence-electron chi connectivity index (χ2n) is 4.18. The highest BCUT2D eigenvalue weighted by Gasteiger charge is 2.09. The molecule has 0 aliphatic carbocycles. The van der Waals surface area contributed by atoms with E-state index >= 15 is 0 Å². The first kappa shape index (κ1) is 16.3. The molecule has 1 rings (SSSR count). The zero-order chi connectivity index (χ0) is 14.8. The van der Waals surface area contributed by atoms with Crippen molar-refractivity contribution in [2.75, 3.05) is 31.6 Å². The van der Waals surface area contributed by atoms with E-state index in [1.807, 2.05) is 32.9 Å². The van der Waals surface area contributed by atoms with Crippen molar-refractivity contribution in [3.63, 3.8) is 0 Å². The number of hydrogen-bond acceptors (Lipinski definition) is 4. The van der Waals surface area contributed by atoms with Gasteiger partial charge in [0.05, 0.1) is 18.9 Å². The molecule has 1 amide bonds. The molecule has 0 unspecified atom stereocenters. The Balaban J connectivity index is 2.72. The van der Waals surface area contributed by atoms with Gasteiger partial charge in [-0.1, -0.05) is 6.92 Å². The zero-order valence-electron chi connectivity index (χ0n) is 12.5. The van der Waals surface area contributed by atoms with Crippen LogP contribution in [0.25, 0.3) is 0 Å². The van der Waals surface area contributed by atoms with E-state index < -0.39 is 0 Å². The number of rotatable bonds is 9. The van der Waals surface area contributed by atoms with E-state index in [1.165, 1.54) is 0 Å². The Bertz CT molecular complexity index is 422. The number of amides is 1. The predicted molar refractivity (Wildman–Crippen MR) is 80.6 cm³/mol. The highest BCUT2D eigenvalue weighted by molar-refractivity contribution is 5.92. The second kappa shape index (κ2) is 9.20. The van der Waals surface area contributed by atoms with Gasteiger partial charge in [-0.15, -0.1) is 0 Å². The van der Waals surface area contributed by atoms with Gasteiger partial charge in [-0.05, 0) is 32.5 Å². The van der Waals surface area contributed by atoms with Crippen LogP contribution in [0.5, 0.6) is 11.5 Å². The van der Waals surface area contributed by atoms with Gasteiger partial charge in [-0.3, -0.25) is 4.79 Å². The summed E-state index contributed by atoms with van der Waals surface area (Å²) in [7, 11) is 0. The van der Waals surface area contributed by atoms with Crippen LogP contribution >= 0.6 is 0 Å². The molecule has 0 aliphatic heterocycles. The topological polar surface area (TPSA) is 59.6 Å². The summed E-state index contributed by atoms with van der Waals surface area (Å²) in [5.41, 5.74) is 0.652. The molecule has 0 saturated carbocycles. The Morgan fingerprint density at radius 3 is 2.55 bits per heavy atom. The molecule has 0 atom stereocenters. The smallest absolute Gasteiger partial charge is 0.225 e. The maximum Gasteiger partial charge on any atom is 0.225 e. The average Bonchev–Trinajstić information content (AvgIpc) is 2.42. The van der Waals surface area contributed by atoms with Crippen molar-refractivity contribution in [3.05, 3.63) is 18.2 Å². The van der Waals surface area contributed by atoms with Crippen LogP contribution in [-0.4, -0.2) is 32.2 Å².